The average Bonchev–Trinajstić information content (AvgIpc) is 3.29. The molecule has 0 aliphatic heterocycles. The molecule has 0 radical (unpaired) electrons. The zero-order valence-corrected chi connectivity index (χ0v) is 16.4. The number of Topliss-reactive ketones (excluding diaryl/α,β-unsaturated/α-hetero) is 1. The summed E-state index contributed by atoms with van der Waals surface area (Å²) in [5.41, 5.74) is 4.90. The van der Waals surface area contributed by atoms with Crippen LogP contribution in [0, 0.1) is 0 Å². The van der Waals surface area contributed by atoms with Gasteiger partial charge in [-0.15, -0.1) is 0 Å². The fourth-order valence-corrected chi connectivity index (χ4v) is 4.07. The van der Waals surface area contributed by atoms with E-state index < -0.39 is 0 Å². The Balaban J connectivity index is 1.31. The highest BCUT2D eigenvalue weighted by molar-refractivity contribution is 5.97. The summed E-state index contributed by atoms with van der Waals surface area (Å²) in [5.74, 6) is 0.406. The Kier molecular flexibility index (Phi) is 4.68. The first-order valence-corrected chi connectivity index (χ1v) is 10.1. The number of fused-ring (bicyclic) bond motifs is 3. The number of carbonyl (C=O) groups excluding carboxylic acids is 1. The number of ether oxygens (including phenoxy) is 1. The molecule has 0 fully saturated rings. The van der Waals surface area contributed by atoms with Crippen LogP contribution >= 0.6 is 0 Å². The Morgan fingerprint density at radius 1 is 0.867 bits per heavy atom. The minimum Gasteiger partial charge on any atom is -0.485 e. The van der Waals surface area contributed by atoms with Crippen molar-refractivity contribution >= 4 is 16.8 Å². The third-order valence-electron chi connectivity index (χ3n) is 5.63. The minimum absolute atomic E-state index is 0.0780. The fourth-order valence-electron chi connectivity index (χ4n) is 4.07. The number of ketones is 1. The molecule has 1 aromatic heterocycles. The highest BCUT2D eigenvalue weighted by Gasteiger charge is 2.19. The molecule has 0 saturated heterocycles. The van der Waals surface area contributed by atoms with E-state index in [1.54, 1.807) is 6.07 Å². The van der Waals surface area contributed by atoms with E-state index in [-0.39, 0.29) is 18.0 Å². The van der Waals surface area contributed by atoms with E-state index in [0.29, 0.717) is 16.9 Å². The summed E-state index contributed by atoms with van der Waals surface area (Å²) in [6.07, 6.45) is 2.66. The van der Waals surface area contributed by atoms with Gasteiger partial charge in [0.15, 0.2) is 12.4 Å². The number of carbonyl (C=O) groups is 1. The zero-order chi connectivity index (χ0) is 20.5. The van der Waals surface area contributed by atoms with Gasteiger partial charge in [0.05, 0.1) is 0 Å². The lowest BCUT2D eigenvalue weighted by molar-refractivity contribution is 0.0921. The van der Waals surface area contributed by atoms with E-state index in [1.807, 2.05) is 66.7 Å². The third-order valence-corrected chi connectivity index (χ3v) is 5.63. The highest BCUT2D eigenvalue weighted by Crippen LogP contribution is 2.29. The van der Waals surface area contributed by atoms with E-state index in [1.165, 1.54) is 0 Å². The molecule has 0 amide bonds. The minimum atomic E-state index is -0.262. The van der Waals surface area contributed by atoms with Crippen molar-refractivity contribution in [3.63, 3.8) is 0 Å². The van der Waals surface area contributed by atoms with Gasteiger partial charge in [-0.1, -0.05) is 54.6 Å². The van der Waals surface area contributed by atoms with Crippen molar-refractivity contribution in [2.24, 2.45) is 0 Å². The number of benzene rings is 3. The molecule has 0 atom stereocenters. The van der Waals surface area contributed by atoms with Crippen LogP contribution in [0.5, 0.6) is 5.75 Å². The maximum absolute atomic E-state index is 12.5. The number of rotatable bonds is 5. The monoisotopic (exact) mass is 396 g/mol. The van der Waals surface area contributed by atoms with Crippen molar-refractivity contribution in [2.75, 3.05) is 6.61 Å². The highest BCUT2D eigenvalue weighted by atomic mass is 16.5. The molecule has 148 valence electrons. The largest absolute Gasteiger partial charge is 0.485 e. The molecule has 0 saturated carbocycles. The van der Waals surface area contributed by atoms with Gasteiger partial charge in [-0.2, -0.15) is 0 Å². The number of hydrogen-bond acceptors (Lipinski definition) is 4. The maximum Gasteiger partial charge on any atom is 0.339 e. The first-order chi connectivity index (χ1) is 14.7. The van der Waals surface area contributed by atoms with Crippen LogP contribution in [0.1, 0.15) is 27.9 Å². The summed E-state index contributed by atoms with van der Waals surface area (Å²) in [6, 6.07) is 23.0. The second-order valence-electron chi connectivity index (χ2n) is 7.51. The van der Waals surface area contributed by atoms with E-state index in [2.05, 4.69) is 0 Å². The van der Waals surface area contributed by atoms with Gasteiger partial charge in [0, 0.05) is 22.6 Å². The fraction of sp³-hybridized carbons (Fsp3) is 0.154. The number of aryl methyl sites for hydroxylation is 1. The van der Waals surface area contributed by atoms with Gasteiger partial charge in [0.1, 0.15) is 11.3 Å². The molecule has 1 aliphatic rings. The Morgan fingerprint density at radius 3 is 2.40 bits per heavy atom. The first kappa shape index (κ1) is 18.4. The second kappa shape index (κ2) is 7.64. The zero-order valence-electron chi connectivity index (χ0n) is 16.4. The summed E-state index contributed by atoms with van der Waals surface area (Å²) < 4.78 is 11.2. The van der Waals surface area contributed by atoms with E-state index >= 15 is 0 Å². The maximum atomic E-state index is 12.5. The van der Waals surface area contributed by atoms with Crippen LogP contribution in [-0.2, 0) is 12.8 Å². The molecule has 3 aromatic carbocycles. The van der Waals surface area contributed by atoms with Crippen LogP contribution < -0.4 is 10.4 Å². The lowest BCUT2D eigenvalue weighted by Gasteiger charge is -2.09. The predicted molar refractivity (Wildman–Crippen MR) is 116 cm³/mol. The molecule has 0 bridgehead atoms. The van der Waals surface area contributed by atoms with Crippen molar-refractivity contribution in [2.45, 2.75) is 19.3 Å². The molecule has 1 aliphatic carbocycles. The topological polar surface area (TPSA) is 56.5 Å². The third kappa shape index (κ3) is 3.41. The van der Waals surface area contributed by atoms with Crippen LogP contribution in [0.15, 0.2) is 82.0 Å². The smallest absolute Gasteiger partial charge is 0.339 e. The van der Waals surface area contributed by atoms with Gasteiger partial charge in [-0.3, -0.25) is 4.79 Å². The van der Waals surface area contributed by atoms with E-state index in [0.717, 1.165) is 46.9 Å². The standard InChI is InChI=1S/C26H20O4/c27-24(19-11-9-18(10-12-19)17-5-2-1-3-6-17)16-29-20-13-14-22-21-7-4-8-23(21)26(28)30-25(22)15-20/h1-3,5-6,9-15H,4,7-8,16H2. The lowest BCUT2D eigenvalue weighted by atomic mass is 10.0. The Hall–Kier alpha value is -3.66. The van der Waals surface area contributed by atoms with E-state index in [4.69, 9.17) is 9.15 Å². The van der Waals surface area contributed by atoms with Crippen LogP contribution in [0.3, 0.4) is 0 Å². The molecular formula is C26H20O4. The molecule has 5 rings (SSSR count). The van der Waals surface area contributed by atoms with Crippen molar-refractivity contribution in [3.05, 3.63) is 99.9 Å². The van der Waals surface area contributed by atoms with Crippen LogP contribution in [-0.4, -0.2) is 12.4 Å². The van der Waals surface area contributed by atoms with Gasteiger partial charge in [0.25, 0.3) is 0 Å². The summed E-state index contributed by atoms with van der Waals surface area (Å²) in [7, 11) is 0. The first-order valence-electron chi connectivity index (χ1n) is 10.1. The van der Waals surface area contributed by atoms with Gasteiger partial charge >= 0.3 is 5.63 Å². The lowest BCUT2D eigenvalue weighted by Crippen LogP contribution is -2.11. The molecule has 4 nitrogen and oxygen atoms in total. The van der Waals surface area contributed by atoms with Crippen LogP contribution in [0.2, 0.25) is 0 Å². The van der Waals surface area contributed by atoms with Crippen molar-refractivity contribution in [1.29, 1.82) is 0 Å². The van der Waals surface area contributed by atoms with Crippen molar-refractivity contribution in [1.82, 2.24) is 0 Å². The molecule has 4 aromatic rings. The summed E-state index contributed by atoms with van der Waals surface area (Å²) in [4.78, 5) is 24.7. The molecule has 30 heavy (non-hydrogen) atoms. The summed E-state index contributed by atoms with van der Waals surface area (Å²) in [6.45, 7) is -0.0780. The van der Waals surface area contributed by atoms with Gasteiger partial charge in [-0.25, -0.2) is 4.79 Å². The molecule has 0 unspecified atom stereocenters. The molecule has 1 heterocycles. The molecule has 4 heteroatoms. The Morgan fingerprint density at radius 2 is 1.60 bits per heavy atom. The summed E-state index contributed by atoms with van der Waals surface area (Å²) in [5, 5.41) is 0.956. The van der Waals surface area contributed by atoms with Gasteiger partial charge < -0.3 is 9.15 Å². The normalized spacial score (nSPS) is 12.7. The number of hydrogen-bond donors (Lipinski definition) is 0. The Labute approximate surface area is 173 Å². The summed E-state index contributed by atoms with van der Waals surface area (Å²) >= 11 is 0. The van der Waals surface area contributed by atoms with Gasteiger partial charge in [0.2, 0.25) is 0 Å². The second-order valence-corrected chi connectivity index (χ2v) is 7.51. The Bertz CT molecular complexity index is 1280. The van der Waals surface area contributed by atoms with Gasteiger partial charge in [-0.05, 0) is 48.1 Å². The van der Waals surface area contributed by atoms with Crippen molar-refractivity contribution in [3.8, 4) is 16.9 Å². The predicted octanol–water partition coefficient (Wildman–Crippen LogP) is 5.21. The molecule has 0 spiro atoms. The van der Waals surface area contributed by atoms with E-state index in [9.17, 15) is 9.59 Å². The van der Waals surface area contributed by atoms with Crippen molar-refractivity contribution < 1.29 is 13.9 Å². The van der Waals surface area contributed by atoms with Crippen LogP contribution in [0.4, 0.5) is 0 Å². The quantitative estimate of drug-likeness (QED) is 0.343. The SMILES string of the molecule is O=C(COc1ccc2c3c(c(=O)oc2c1)CCC3)c1ccc(-c2ccccc2)cc1. The molecule has 0 N–H and O–H groups in total. The average molecular weight is 396 g/mol. The van der Waals surface area contributed by atoms with Crippen LogP contribution in [0.25, 0.3) is 22.1 Å². The molecular weight excluding hydrogens is 376 g/mol.